The number of carbonyl (C=O) groups excluding carboxylic acids is 1. The third-order valence-electron chi connectivity index (χ3n) is 2.19. The van der Waals surface area contributed by atoms with Crippen molar-refractivity contribution in [2.24, 2.45) is 0 Å². The Morgan fingerprint density at radius 2 is 1.73 bits per heavy atom. The molecule has 0 N–H and O–H groups in total. The maximum Gasteiger partial charge on any atom is 0.0643 e. The fourth-order valence-electron chi connectivity index (χ4n) is 1.26. The smallest absolute Gasteiger partial charge is 0.0643 e. The van der Waals surface area contributed by atoms with E-state index in [1.165, 1.54) is 11.6 Å². The lowest BCUT2D eigenvalue weighted by molar-refractivity contribution is -0.297. The van der Waals surface area contributed by atoms with Crippen molar-refractivity contribution >= 4 is 12.0 Å². The molecule has 80 valence electrons. The van der Waals surface area contributed by atoms with Gasteiger partial charge in [-0.2, -0.15) is 0 Å². The van der Waals surface area contributed by atoms with Crippen molar-refractivity contribution in [1.82, 2.24) is 0 Å². The maximum atomic E-state index is 10.2. The highest BCUT2D eigenvalue weighted by molar-refractivity contribution is 5.83. The summed E-state index contributed by atoms with van der Waals surface area (Å²) in [6.45, 7) is 6.41. The van der Waals surface area contributed by atoms with E-state index in [1.807, 2.05) is 24.3 Å². The van der Waals surface area contributed by atoms with E-state index in [-0.39, 0.29) is 5.41 Å². The van der Waals surface area contributed by atoms with E-state index >= 15 is 0 Å². The van der Waals surface area contributed by atoms with E-state index < -0.39 is 5.97 Å². The molecule has 0 amide bonds. The van der Waals surface area contributed by atoms with Crippen molar-refractivity contribution in [2.45, 2.75) is 26.2 Å². The van der Waals surface area contributed by atoms with Gasteiger partial charge >= 0.3 is 0 Å². The Kier molecular flexibility index (Phi) is 3.30. The van der Waals surface area contributed by atoms with Gasteiger partial charge in [0.1, 0.15) is 0 Å². The standard InChI is InChI=1S/C13H16O2/c1-13(2,3)11-7-4-10(5-8-11)6-9-12(14)15/h4-9H,1-3H3,(H,14,15)/p-1. The molecule has 0 bridgehead atoms. The van der Waals surface area contributed by atoms with Gasteiger partial charge in [-0.15, -0.1) is 0 Å². The van der Waals surface area contributed by atoms with Crippen LogP contribution in [0.25, 0.3) is 6.08 Å². The fraction of sp³-hybridized carbons (Fsp3) is 0.308. The number of rotatable bonds is 2. The Morgan fingerprint density at radius 3 is 2.13 bits per heavy atom. The van der Waals surface area contributed by atoms with E-state index in [2.05, 4.69) is 20.8 Å². The topological polar surface area (TPSA) is 40.1 Å². The molecule has 1 aromatic carbocycles. The summed E-state index contributed by atoms with van der Waals surface area (Å²) >= 11 is 0. The molecule has 0 aliphatic heterocycles. The van der Waals surface area contributed by atoms with E-state index in [9.17, 15) is 9.90 Å². The van der Waals surface area contributed by atoms with Gasteiger partial charge < -0.3 is 9.90 Å². The molecule has 0 saturated carbocycles. The molecule has 15 heavy (non-hydrogen) atoms. The first-order valence-corrected chi connectivity index (χ1v) is 4.89. The van der Waals surface area contributed by atoms with Crippen LogP contribution in [-0.4, -0.2) is 5.97 Å². The zero-order valence-corrected chi connectivity index (χ0v) is 9.28. The summed E-state index contributed by atoms with van der Waals surface area (Å²) in [5, 5.41) is 10.2. The first kappa shape index (κ1) is 11.5. The average Bonchev–Trinajstić information content (AvgIpc) is 2.14. The van der Waals surface area contributed by atoms with Crippen LogP contribution in [0.5, 0.6) is 0 Å². The van der Waals surface area contributed by atoms with Crippen LogP contribution in [0.2, 0.25) is 0 Å². The second-order valence-corrected chi connectivity index (χ2v) is 4.52. The van der Waals surface area contributed by atoms with Crippen LogP contribution in [0.4, 0.5) is 0 Å². The molecular weight excluding hydrogens is 188 g/mol. The Bertz CT molecular complexity index is 367. The molecule has 1 rings (SSSR count). The summed E-state index contributed by atoms with van der Waals surface area (Å²) in [7, 11) is 0. The lowest BCUT2D eigenvalue weighted by Gasteiger charge is -2.18. The third kappa shape index (κ3) is 3.58. The van der Waals surface area contributed by atoms with Crippen LogP contribution in [-0.2, 0) is 10.2 Å². The molecule has 0 aromatic heterocycles. The molecule has 0 atom stereocenters. The van der Waals surface area contributed by atoms with Gasteiger partial charge in [0, 0.05) is 0 Å². The van der Waals surface area contributed by atoms with Gasteiger partial charge in [0.05, 0.1) is 5.97 Å². The molecule has 2 nitrogen and oxygen atoms in total. The van der Waals surface area contributed by atoms with Gasteiger partial charge in [-0.3, -0.25) is 0 Å². The van der Waals surface area contributed by atoms with E-state index in [1.54, 1.807) is 0 Å². The SMILES string of the molecule is CC(C)(C)c1ccc(C=CC(=O)[O-])cc1. The van der Waals surface area contributed by atoms with Crippen molar-refractivity contribution in [2.75, 3.05) is 0 Å². The van der Waals surface area contributed by atoms with Gasteiger partial charge in [-0.1, -0.05) is 51.1 Å². The zero-order chi connectivity index (χ0) is 11.5. The number of hydrogen-bond acceptors (Lipinski definition) is 2. The lowest BCUT2D eigenvalue weighted by Crippen LogP contribution is -2.18. The van der Waals surface area contributed by atoms with E-state index in [4.69, 9.17) is 0 Å². The monoisotopic (exact) mass is 203 g/mol. The predicted molar refractivity (Wildman–Crippen MR) is 59.2 cm³/mol. The molecule has 0 aliphatic rings. The van der Waals surface area contributed by atoms with Crippen molar-refractivity contribution < 1.29 is 9.90 Å². The van der Waals surface area contributed by atoms with Crippen molar-refractivity contribution in [1.29, 1.82) is 0 Å². The van der Waals surface area contributed by atoms with Crippen molar-refractivity contribution in [3.8, 4) is 0 Å². The van der Waals surface area contributed by atoms with Gasteiger partial charge in [0.25, 0.3) is 0 Å². The van der Waals surface area contributed by atoms with E-state index in [0.29, 0.717) is 0 Å². The summed E-state index contributed by atoms with van der Waals surface area (Å²) < 4.78 is 0. The summed E-state index contributed by atoms with van der Waals surface area (Å²) in [6.07, 6.45) is 2.56. The van der Waals surface area contributed by atoms with Crippen molar-refractivity contribution in [3.05, 3.63) is 41.5 Å². The van der Waals surface area contributed by atoms with Crippen LogP contribution in [0.3, 0.4) is 0 Å². The Hall–Kier alpha value is -1.57. The number of carboxylic acids is 1. The number of carboxylic acid groups (broad SMARTS) is 1. The van der Waals surface area contributed by atoms with Crippen LogP contribution in [0, 0.1) is 0 Å². The Morgan fingerprint density at radius 1 is 1.20 bits per heavy atom. The Labute approximate surface area is 90.3 Å². The molecule has 0 aliphatic carbocycles. The van der Waals surface area contributed by atoms with Crippen LogP contribution in [0.15, 0.2) is 30.3 Å². The zero-order valence-electron chi connectivity index (χ0n) is 9.28. The van der Waals surface area contributed by atoms with Gasteiger partial charge in [-0.25, -0.2) is 0 Å². The number of aliphatic carboxylic acids is 1. The second-order valence-electron chi connectivity index (χ2n) is 4.52. The maximum absolute atomic E-state index is 10.2. The first-order valence-electron chi connectivity index (χ1n) is 4.89. The fourth-order valence-corrected chi connectivity index (χ4v) is 1.26. The van der Waals surface area contributed by atoms with Crippen molar-refractivity contribution in [3.63, 3.8) is 0 Å². The molecule has 1 aromatic rings. The normalized spacial score (nSPS) is 11.9. The highest BCUT2D eigenvalue weighted by Gasteiger charge is 2.12. The number of benzene rings is 1. The quantitative estimate of drug-likeness (QED) is 0.687. The largest absolute Gasteiger partial charge is 0.545 e. The molecule has 0 radical (unpaired) electrons. The summed E-state index contributed by atoms with van der Waals surface area (Å²) in [5.41, 5.74) is 2.22. The molecule has 0 heterocycles. The molecule has 0 fully saturated rings. The van der Waals surface area contributed by atoms with Crippen LogP contribution >= 0.6 is 0 Å². The second kappa shape index (κ2) is 4.30. The molecule has 2 heteroatoms. The lowest BCUT2D eigenvalue weighted by atomic mass is 9.87. The molecule has 0 unspecified atom stereocenters. The average molecular weight is 203 g/mol. The summed E-state index contributed by atoms with van der Waals surface area (Å²) in [4.78, 5) is 10.2. The third-order valence-corrected chi connectivity index (χ3v) is 2.19. The summed E-state index contributed by atoms with van der Waals surface area (Å²) in [5.74, 6) is -1.17. The van der Waals surface area contributed by atoms with Gasteiger partial charge in [0.2, 0.25) is 0 Å². The van der Waals surface area contributed by atoms with E-state index in [0.717, 1.165) is 11.6 Å². The minimum Gasteiger partial charge on any atom is -0.545 e. The van der Waals surface area contributed by atoms with Crippen LogP contribution in [0.1, 0.15) is 31.9 Å². The minimum atomic E-state index is -1.17. The Balaban J connectivity index is 2.86. The first-order chi connectivity index (χ1) is 6.89. The van der Waals surface area contributed by atoms with Gasteiger partial charge in [0.15, 0.2) is 0 Å². The number of hydrogen-bond donors (Lipinski definition) is 0. The number of carbonyl (C=O) groups is 1. The van der Waals surface area contributed by atoms with Gasteiger partial charge in [-0.05, 0) is 22.6 Å². The molecule has 0 saturated heterocycles. The molecular formula is C13H15O2-. The molecule has 0 spiro atoms. The highest BCUT2D eigenvalue weighted by atomic mass is 16.4. The summed E-state index contributed by atoms with van der Waals surface area (Å²) in [6, 6.07) is 7.82. The minimum absolute atomic E-state index is 0.122. The predicted octanol–water partition coefficient (Wildman–Crippen LogP) is 1.75. The highest BCUT2D eigenvalue weighted by Crippen LogP contribution is 2.22. The van der Waals surface area contributed by atoms with Crippen LogP contribution < -0.4 is 5.11 Å².